The number of likely N-dealkylation sites (tertiary alicyclic amines) is 1. The van der Waals surface area contributed by atoms with Crippen LogP contribution in [0.5, 0.6) is 0 Å². The predicted octanol–water partition coefficient (Wildman–Crippen LogP) is 6.69. The molecule has 0 bridgehead atoms. The summed E-state index contributed by atoms with van der Waals surface area (Å²) in [5.41, 5.74) is 3.11. The second kappa shape index (κ2) is 12.2. The molecule has 0 aromatic heterocycles. The van der Waals surface area contributed by atoms with Crippen molar-refractivity contribution in [1.82, 2.24) is 15.5 Å². The quantitative estimate of drug-likeness (QED) is 0.297. The largest absolute Gasteiger partial charge is 0.405 e. The fourth-order valence-electron chi connectivity index (χ4n) is 7.29. The van der Waals surface area contributed by atoms with Crippen molar-refractivity contribution < 1.29 is 22.8 Å². The molecule has 2 aromatic rings. The van der Waals surface area contributed by atoms with Crippen molar-refractivity contribution in [3.05, 3.63) is 83.5 Å². The van der Waals surface area contributed by atoms with E-state index in [2.05, 4.69) is 33.8 Å². The van der Waals surface area contributed by atoms with E-state index in [1.807, 2.05) is 55.5 Å². The van der Waals surface area contributed by atoms with Crippen LogP contribution in [0.3, 0.4) is 0 Å². The first-order valence-corrected chi connectivity index (χ1v) is 16.1. The Morgan fingerprint density at radius 3 is 2.11 bits per heavy atom. The Morgan fingerprint density at radius 1 is 0.909 bits per heavy atom. The van der Waals surface area contributed by atoms with Crippen molar-refractivity contribution in [2.75, 3.05) is 26.2 Å². The number of allylic oxidation sites excluding steroid dienone is 3. The smallest absolute Gasteiger partial charge is 0.353 e. The van der Waals surface area contributed by atoms with E-state index in [1.54, 1.807) is 0 Å². The van der Waals surface area contributed by atoms with E-state index in [1.165, 1.54) is 18.4 Å². The highest BCUT2D eigenvalue weighted by atomic mass is 19.4. The lowest BCUT2D eigenvalue weighted by Gasteiger charge is -2.35. The number of fused-ring (bicyclic) bond motifs is 3. The molecule has 44 heavy (non-hydrogen) atoms. The molecule has 1 atom stereocenters. The van der Waals surface area contributed by atoms with E-state index in [4.69, 9.17) is 0 Å². The molecule has 2 fully saturated rings. The molecule has 6 rings (SSSR count). The van der Waals surface area contributed by atoms with Crippen molar-refractivity contribution in [2.24, 2.45) is 11.3 Å². The third-order valence-corrected chi connectivity index (χ3v) is 10.1. The number of hydrogen-bond acceptors (Lipinski definition) is 3. The van der Waals surface area contributed by atoms with Crippen LogP contribution >= 0.6 is 0 Å². The van der Waals surface area contributed by atoms with Crippen molar-refractivity contribution in [3.63, 3.8) is 0 Å². The minimum Gasteiger partial charge on any atom is -0.353 e. The normalized spacial score (nSPS) is 23.0. The summed E-state index contributed by atoms with van der Waals surface area (Å²) in [5, 5.41) is 5.52. The fraction of sp³-hybridized carbons (Fsp3) is 0.500. The number of unbranched alkanes of at least 4 members (excludes halogenated alkanes) is 1. The van der Waals surface area contributed by atoms with Gasteiger partial charge in [0.2, 0.25) is 11.8 Å². The predicted molar refractivity (Wildman–Crippen MR) is 166 cm³/mol. The molecule has 8 heteroatoms. The van der Waals surface area contributed by atoms with Crippen LogP contribution in [0.15, 0.2) is 72.3 Å². The molecule has 1 aliphatic heterocycles. The Bertz CT molecular complexity index is 1410. The summed E-state index contributed by atoms with van der Waals surface area (Å²) in [7, 11) is 0. The van der Waals surface area contributed by atoms with E-state index in [9.17, 15) is 22.8 Å². The van der Waals surface area contributed by atoms with Crippen molar-refractivity contribution in [2.45, 2.75) is 75.9 Å². The molecule has 2 amide bonds. The molecule has 1 saturated heterocycles. The van der Waals surface area contributed by atoms with Gasteiger partial charge in [-0.25, -0.2) is 0 Å². The third kappa shape index (κ3) is 6.23. The van der Waals surface area contributed by atoms with Gasteiger partial charge in [-0.1, -0.05) is 73.2 Å². The monoisotopic (exact) mass is 605 g/mol. The summed E-state index contributed by atoms with van der Waals surface area (Å²) >= 11 is 0. The molecule has 0 spiro atoms. The maximum absolute atomic E-state index is 13.7. The molecular formula is C36H42F3N3O2. The van der Waals surface area contributed by atoms with Gasteiger partial charge < -0.3 is 15.5 Å². The number of carbonyl (C=O) groups is 2. The number of hydrogen-bond donors (Lipinski definition) is 2. The van der Waals surface area contributed by atoms with Crippen LogP contribution in [0.1, 0.15) is 69.4 Å². The zero-order chi connectivity index (χ0) is 31.0. The van der Waals surface area contributed by atoms with Gasteiger partial charge in [-0.3, -0.25) is 9.59 Å². The van der Waals surface area contributed by atoms with Gasteiger partial charge in [0, 0.05) is 19.1 Å². The van der Waals surface area contributed by atoms with Crippen molar-refractivity contribution in [3.8, 4) is 11.1 Å². The lowest BCUT2D eigenvalue weighted by atomic mass is 9.73. The Hall–Kier alpha value is -3.39. The van der Waals surface area contributed by atoms with Gasteiger partial charge in [-0.15, -0.1) is 0 Å². The zero-order valence-corrected chi connectivity index (χ0v) is 25.4. The molecular weight excluding hydrogens is 563 g/mol. The summed E-state index contributed by atoms with van der Waals surface area (Å²) < 4.78 is 39.4. The number of rotatable bonds is 10. The molecule has 1 saturated carbocycles. The molecule has 1 heterocycles. The topological polar surface area (TPSA) is 61.4 Å². The number of carbonyl (C=O) groups excluding carboxylic acids is 2. The summed E-state index contributed by atoms with van der Waals surface area (Å²) in [6, 6.07) is 15.3. The number of nitrogens with one attached hydrogen (secondary N) is 2. The van der Waals surface area contributed by atoms with E-state index in [-0.39, 0.29) is 11.9 Å². The number of halogens is 3. The molecule has 2 aromatic carbocycles. The average molecular weight is 606 g/mol. The first-order chi connectivity index (χ1) is 21.1. The SMILES string of the molecule is CC1(C(=O)NC2CCN(CCCCC3(C(=O)NCC(F)(F)F)c4ccccc4-c4ccccc43)CC2)C=CC(C2CC2)=CC1. The van der Waals surface area contributed by atoms with Gasteiger partial charge in [-0.05, 0) is 92.2 Å². The molecule has 2 N–H and O–H groups in total. The molecule has 0 radical (unpaired) electrons. The Labute approximate surface area is 258 Å². The second-order valence-electron chi connectivity index (χ2n) is 13.3. The number of amides is 2. The van der Waals surface area contributed by atoms with Crippen LogP contribution in [0.2, 0.25) is 0 Å². The summed E-state index contributed by atoms with van der Waals surface area (Å²) in [6.45, 7) is 3.28. The van der Waals surface area contributed by atoms with E-state index >= 15 is 0 Å². The van der Waals surface area contributed by atoms with Crippen LogP contribution in [-0.4, -0.2) is 55.1 Å². The highest BCUT2D eigenvalue weighted by molar-refractivity contribution is 6.00. The van der Waals surface area contributed by atoms with Crippen LogP contribution in [0.4, 0.5) is 13.2 Å². The summed E-state index contributed by atoms with van der Waals surface area (Å²) in [4.78, 5) is 29.2. The molecule has 3 aliphatic carbocycles. The lowest BCUT2D eigenvalue weighted by molar-refractivity contribution is -0.141. The van der Waals surface area contributed by atoms with Crippen molar-refractivity contribution in [1.29, 1.82) is 0 Å². The van der Waals surface area contributed by atoms with Gasteiger partial charge in [0.05, 0.1) is 5.41 Å². The van der Waals surface area contributed by atoms with Gasteiger partial charge >= 0.3 is 6.18 Å². The van der Waals surface area contributed by atoms with E-state index in [0.29, 0.717) is 18.8 Å². The van der Waals surface area contributed by atoms with E-state index < -0.39 is 29.5 Å². The van der Waals surface area contributed by atoms with Crippen molar-refractivity contribution >= 4 is 11.8 Å². The Morgan fingerprint density at radius 2 is 1.55 bits per heavy atom. The highest BCUT2D eigenvalue weighted by Crippen LogP contribution is 2.51. The Balaban J connectivity index is 1.04. The first-order valence-electron chi connectivity index (χ1n) is 16.1. The van der Waals surface area contributed by atoms with Crippen LogP contribution < -0.4 is 10.6 Å². The first kappa shape index (κ1) is 30.6. The highest BCUT2D eigenvalue weighted by Gasteiger charge is 2.49. The molecule has 234 valence electrons. The minimum atomic E-state index is -4.48. The van der Waals surface area contributed by atoms with Crippen LogP contribution in [0.25, 0.3) is 11.1 Å². The van der Waals surface area contributed by atoms with Gasteiger partial charge in [0.15, 0.2) is 0 Å². The van der Waals surface area contributed by atoms with E-state index in [0.717, 1.165) is 67.6 Å². The zero-order valence-electron chi connectivity index (χ0n) is 25.4. The third-order valence-electron chi connectivity index (χ3n) is 10.1. The van der Waals surface area contributed by atoms with Crippen LogP contribution in [0, 0.1) is 11.3 Å². The lowest BCUT2D eigenvalue weighted by Crippen LogP contribution is -2.49. The molecule has 1 unspecified atom stereocenters. The number of nitrogens with zero attached hydrogens (tertiary/aromatic N) is 1. The van der Waals surface area contributed by atoms with Crippen LogP contribution in [-0.2, 0) is 15.0 Å². The van der Waals surface area contributed by atoms with Gasteiger partial charge in [0.1, 0.15) is 12.0 Å². The van der Waals surface area contributed by atoms with Gasteiger partial charge in [-0.2, -0.15) is 13.2 Å². The summed E-state index contributed by atoms with van der Waals surface area (Å²) in [5.74, 6) is 0.208. The standard InChI is InChI=1S/C36H42F3N3O2/c1-34(19-14-26(15-20-34)25-12-13-25)32(43)41-27-16-22-42(23-17-27)21-7-6-18-35(33(44)40-24-36(37,38)39)30-10-4-2-8-28(30)29-9-3-5-11-31(29)35/h2-5,8-11,14-15,19,25,27H,6-7,12-13,16-18,20-24H2,1H3,(H,40,44)(H,41,43). The summed E-state index contributed by atoms with van der Waals surface area (Å²) in [6.07, 6.45) is 9.00. The average Bonchev–Trinajstić information content (AvgIpc) is 3.83. The van der Waals surface area contributed by atoms with Gasteiger partial charge in [0.25, 0.3) is 0 Å². The fourth-order valence-corrected chi connectivity index (χ4v) is 7.29. The molecule has 5 nitrogen and oxygen atoms in total. The number of piperidine rings is 1. The minimum absolute atomic E-state index is 0.101. The molecule has 4 aliphatic rings. The number of benzene rings is 2. The second-order valence-corrected chi connectivity index (χ2v) is 13.3. The maximum atomic E-state index is 13.7. The maximum Gasteiger partial charge on any atom is 0.405 e. The number of alkyl halides is 3. The Kier molecular flexibility index (Phi) is 8.48.